The van der Waals surface area contributed by atoms with Crippen molar-refractivity contribution in [1.29, 1.82) is 0 Å². The second-order valence-corrected chi connectivity index (χ2v) is 5.21. The second kappa shape index (κ2) is 5.97. The van der Waals surface area contributed by atoms with E-state index >= 15 is 0 Å². The predicted molar refractivity (Wildman–Crippen MR) is 82.4 cm³/mol. The van der Waals surface area contributed by atoms with E-state index in [-0.39, 0.29) is 0 Å². The van der Waals surface area contributed by atoms with Crippen LogP contribution in [-0.4, -0.2) is 19.1 Å². The van der Waals surface area contributed by atoms with Gasteiger partial charge in [0, 0.05) is 19.1 Å². The molecule has 1 heterocycles. The lowest BCUT2D eigenvalue weighted by Gasteiger charge is -2.33. The molecule has 0 spiro atoms. The summed E-state index contributed by atoms with van der Waals surface area (Å²) in [5.41, 5.74) is 7.13. The predicted octanol–water partition coefficient (Wildman–Crippen LogP) is 3.41. The highest BCUT2D eigenvalue weighted by molar-refractivity contribution is 5.59. The summed E-state index contributed by atoms with van der Waals surface area (Å²) in [6, 6.07) is 18.5. The van der Waals surface area contributed by atoms with E-state index < -0.39 is 0 Å². The number of hydrogen-bond acceptors (Lipinski definition) is 3. The molecule has 3 rings (SSSR count). The number of nitrogens with zero attached hydrogens (tertiary/aromatic N) is 1. The van der Waals surface area contributed by atoms with E-state index in [1.54, 1.807) is 0 Å². The van der Waals surface area contributed by atoms with Crippen molar-refractivity contribution < 1.29 is 4.74 Å². The third-order valence-electron chi connectivity index (χ3n) is 3.72. The molecule has 2 aromatic rings. The van der Waals surface area contributed by atoms with Crippen molar-refractivity contribution in [3.63, 3.8) is 0 Å². The van der Waals surface area contributed by atoms with Gasteiger partial charge in [-0.2, -0.15) is 0 Å². The Morgan fingerprint density at radius 2 is 1.55 bits per heavy atom. The van der Waals surface area contributed by atoms with Crippen LogP contribution in [-0.2, 0) is 0 Å². The monoisotopic (exact) mass is 268 g/mol. The van der Waals surface area contributed by atoms with Gasteiger partial charge in [-0.25, -0.2) is 0 Å². The van der Waals surface area contributed by atoms with Crippen LogP contribution in [0, 0.1) is 0 Å². The number of ether oxygens (including phenoxy) is 1. The number of hydrogen-bond donors (Lipinski definition) is 1. The Morgan fingerprint density at radius 3 is 2.30 bits per heavy atom. The lowest BCUT2D eigenvalue weighted by atomic mass is 10.1. The van der Waals surface area contributed by atoms with Crippen LogP contribution in [0.15, 0.2) is 54.6 Å². The molecule has 0 unspecified atom stereocenters. The Hall–Kier alpha value is -2.00. The molecule has 3 heteroatoms. The van der Waals surface area contributed by atoms with E-state index in [0.29, 0.717) is 6.04 Å². The first-order valence-electron chi connectivity index (χ1n) is 7.15. The van der Waals surface area contributed by atoms with Crippen LogP contribution >= 0.6 is 0 Å². The van der Waals surface area contributed by atoms with Crippen molar-refractivity contribution >= 4 is 5.69 Å². The maximum atomic E-state index is 6.02. The van der Waals surface area contributed by atoms with Gasteiger partial charge in [-0.3, -0.25) is 0 Å². The highest BCUT2D eigenvalue weighted by Crippen LogP contribution is 2.33. The Morgan fingerprint density at radius 1 is 0.900 bits per heavy atom. The van der Waals surface area contributed by atoms with Gasteiger partial charge < -0.3 is 15.4 Å². The number of piperidine rings is 1. The first-order chi connectivity index (χ1) is 9.83. The lowest BCUT2D eigenvalue weighted by Crippen LogP contribution is -2.39. The minimum atomic E-state index is 0.341. The summed E-state index contributed by atoms with van der Waals surface area (Å²) in [6.45, 7) is 1.99. The van der Waals surface area contributed by atoms with Gasteiger partial charge in [-0.05, 0) is 37.1 Å². The molecule has 0 amide bonds. The second-order valence-electron chi connectivity index (χ2n) is 5.21. The molecule has 20 heavy (non-hydrogen) atoms. The third-order valence-corrected chi connectivity index (χ3v) is 3.72. The molecule has 1 aliphatic rings. The van der Waals surface area contributed by atoms with Crippen molar-refractivity contribution in [2.75, 3.05) is 18.0 Å². The minimum Gasteiger partial charge on any atom is -0.455 e. The van der Waals surface area contributed by atoms with Crippen LogP contribution in [0.5, 0.6) is 11.5 Å². The Balaban J connectivity index is 1.81. The molecule has 2 N–H and O–H groups in total. The molecule has 0 saturated carbocycles. The topological polar surface area (TPSA) is 38.5 Å². The van der Waals surface area contributed by atoms with Crippen LogP contribution in [0.4, 0.5) is 5.69 Å². The van der Waals surface area contributed by atoms with E-state index in [9.17, 15) is 0 Å². The molecule has 104 valence electrons. The zero-order chi connectivity index (χ0) is 13.8. The summed E-state index contributed by atoms with van der Waals surface area (Å²) >= 11 is 0. The smallest absolute Gasteiger partial charge is 0.150 e. The first kappa shape index (κ1) is 13.0. The largest absolute Gasteiger partial charge is 0.455 e. The fourth-order valence-corrected chi connectivity index (χ4v) is 2.56. The molecule has 0 bridgehead atoms. The maximum Gasteiger partial charge on any atom is 0.150 e. The van der Waals surface area contributed by atoms with Gasteiger partial charge in [0.1, 0.15) is 5.75 Å². The zero-order valence-corrected chi connectivity index (χ0v) is 11.5. The van der Waals surface area contributed by atoms with Crippen molar-refractivity contribution in [3.05, 3.63) is 54.6 Å². The number of anilines is 1. The van der Waals surface area contributed by atoms with Gasteiger partial charge in [0.2, 0.25) is 0 Å². The van der Waals surface area contributed by atoms with E-state index in [4.69, 9.17) is 10.5 Å². The highest BCUT2D eigenvalue weighted by Gasteiger charge is 2.19. The Bertz CT molecular complexity index is 548. The highest BCUT2D eigenvalue weighted by atomic mass is 16.5. The van der Waals surface area contributed by atoms with Crippen LogP contribution < -0.4 is 15.4 Å². The van der Waals surface area contributed by atoms with E-state index in [2.05, 4.69) is 17.0 Å². The van der Waals surface area contributed by atoms with Crippen LogP contribution in [0.3, 0.4) is 0 Å². The molecule has 0 aromatic heterocycles. The maximum absolute atomic E-state index is 6.02. The van der Waals surface area contributed by atoms with Gasteiger partial charge in [-0.1, -0.05) is 30.3 Å². The molecule has 0 radical (unpaired) electrons. The molecule has 1 fully saturated rings. The van der Waals surface area contributed by atoms with E-state index in [1.807, 2.05) is 42.5 Å². The normalized spacial score (nSPS) is 16.1. The summed E-state index contributed by atoms with van der Waals surface area (Å²) in [5.74, 6) is 1.78. The number of para-hydroxylation sites is 3. The summed E-state index contributed by atoms with van der Waals surface area (Å²) in [6.07, 6.45) is 2.08. The van der Waals surface area contributed by atoms with Gasteiger partial charge in [0.05, 0.1) is 5.69 Å². The first-order valence-corrected chi connectivity index (χ1v) is 7.15. The molecule has 3 nitrogen and oxygen atoms in total. The number of nitrogens with two attached hydrogens (primary N) is 1. The average Bonchev–Trinajstić information content (AvgIpc) is 2.50. The number of benzene rings is 2. The van der Waals surface area contributed by atoms with Crippen LogP contribution in [0.25, 0.3) is 0 Å². The van der Waals surface area contributed by atoms with Gasteiger partial charge >= 0.3 is 0 Å². The standard InChI is InChI=1S/C17H20N2O/c18-14-10-12-19(13-11-14)16-8-4-5-9-17(16)20-15-6-2-1-3-7-15/h1-9,14H,10-13,18H2. The SMILES string of the molecule is NC1CCN(c2ccccc2Oc2ccccc2)CC1. The van der Waals surface area contributed by atoms with Crippen molar-refractivity contribution in [2.45, 2.75) is 18.9 Å². The van der Waals surface area contributed by atoms with Crippen LogP contribution in [0.2, 0.25) is 0 Å². The van der Waals surface area contributed by atoms with Gasteiger partial charge in [0.25, 0.3) is 0 Å². The molecule has 1 aliphatic heterocycles. The van der Waals surface area contributed by atoms with E-state index in [0.717, 1.165) is 43.1 Å². The van der Waals surface area contributed by atoms with Crippen molar-refractivity contribution in [1.82, 2.24) is 0 Å². The summed E-state index contributed by atoms with van der Waals surface area (Å²) in [7, 11) is 0. The average molecular weight is 268 g/mol. The summed E-state index contributed by atoms with van der Waals surface area (Å²) in [4.78, 5) is 2.36. The van der Waals surface area contributed by atoms with Crippen molar-refractivity contribution in [2.24, 2.45) is 5.73 Å². The molecule has 0 aliphatic carbocycles. The van der Waals surface area contributed by atoms with E-state index in [1.165, 1.54) is 0 Å². The fraction of sp³-hybridized carbons (Fsp3) is 0.294. The molecule has 0 atom stereocenters. The molecular formula is C17H20N2O. The minimum absolute atomic E-state index is 0.341. The zero-order valence-electron chi connectivity index (χ0n) is 11.5. The Labute approximate surface area is 120 Å². The molecular weight excluding hydrogens is 248 g/mol. The van der Waals surface area contributed by atoms with Gasteiger partial charge in [-0.15, -0.1) is 0 Å². The van der Waals surface area contributed by atoms with Crippen molar-refractivity contribution in [3.8, 4) is 11.5 Å². The summed E-state index contributed by atoms with van der Waals surface area (Å²) in [5, 5.41) is 0. The fourth-order valence-electron chi connectivity index (χ4n) is 2.56. The quantitative estimate of drug-likeness (QED) is 0.927. The Kier molecular flexibility index (Phi) is 3.88. The molecule has 2 aromatic carbocycles. The molecule has 1 saturated heterocycles. The summed E-state index contributed by atoms with van der Waals surface area (Å²) < 4.78 is 6.02. The number of rotatable bonds is 3. The third kappa shape index (κ3) is 2.94. The van der Waals surface area contributed by atoms with Gasteiger partial charge in [0.15, 0.2) is 5.75 Å². The lowest BCUT2D eigenvalue weighted by molar-refractivity contribution is 0.467. The van der Waals surface area contributed by atoms with Crippen LogP contribution in [0.1, 0.15) is 12.8 Å².